The average molecular weight is 240 g/mol. The van der Waals surface area contributed by atoms with Crippen molar-refractivity contribution in [3.05, 3.63) is 0 Å². The van der Waals surface area contributed by atoms with Crippen LogP contribution in [-0.2, 0) is 0 Å². The third kappa shape index (κ3) is 2.44. The number of hydrogen-bond acceptors (Lipinski definition) is 0. The molecule has 0 atom stereocenters. The third-order valence-corrected chi connectivity index (χ3v) is 6.95. The maximum atomic E-state index is 2.53. The van der Waals surface area contributed by atoms with Gasteiger partial charge in [0.15, 0.2) is 0 Å². The molecule has 1 fully saturated rings. The molecule has 0 N–H and O–H groups in total. The molecule has 56 valence electrons. The van der Waals surface area contributed by atoms with Crippen LogP contribution in [0, 0.1) is 5.41 Å². The van der Waals surface area contributed by atoms with Crippen LogP contribution in [0.25, 0.3) is 0 Å². The zero-order valence-electron chi connectivity index (χ0n) is 6.71. The number of hydrogen-bond donors (Lipinski definition) is 0. The molecule has 0 unspecified atom stereocenters. The van der Waals surface area contributed by atoms with Gasteiger partial charge in [0.2, 0.25) is 0 Å². The van der Waals surface area contributed by atoms with E-state index in [2.05, 4.69) is 18.8 Å². The van der Waals surface area contributed by atoms with Gasteiger partial charge in [0.25, 0.3) is 0 Å². The van der Waals surface area contributed by atoms with E-state index in [4.69, 9.17) is 0 Å². The van der Waals surface area contributed by atoms with Crippen LogP contribution in [0.1, 0.15) is 26.7 Å². The van der Waals surface area contributed by atoms with E-state index in [1.807, 2.05) is 0 Å². The normalized spacial score (nSPS) is 30.3. The van der Waals surface area contributed by atoms with Crippen LogP contribution in [0.3, 0.4) is 0 Å². The third-order valence-electron chi connectivity index (χ3n) is 2.19. The van der Waals surface area contributed by atoms with Crippen molar-refractivity contribution in [1.29, 1.82) is 0 Å². The van der Waals surface area contributed by atoms with E-state index in [0.29, 0.717) is 5.41 Å². The molecule has 9 heavy (non-hydrogen) atoms. The zero-order chi connectivity index (χ0) is 6.91. The summed E-state index contributed by atoms with van der Waals surface area (Å²) in [5, 5.41) is 0. The SMILES string of the molecule is CI1CCC(C)(C)CC1. The molecule has 1 aliphatic rings. The van der Waals surface area contributed by atoms with Crippen molar-refractivity contribution in [2.75, 3.05) is 13.8 Å². The van der Waals surface area contributed by atoms with Crippen LogP contribution < -0.4 is 0 Å². The molecule has 1 aliphatic heterocycles. The fraction of sp³-hybridized carbons (Fsp3) is 1.00. The molecule has 0 nitrogen and oxygen atoms in total. The molecule has 1 heteroatoms. The van der Waals surface area contributed by atoms with Gasteiger partial charge in [0, 0.05) is 0 Å². The molecular weight excluding hydrogens is 223 g/mol. The van der Waals surface area contributed by atoms with Crippen molar-refractivity contribution in [1.82, 2.24) is 0 Å². The van der Waals surface area contributed by atoms with Crippen molar-refractivity contribution in [2.45, 2.75) is 26.7 Å². The van der Waals surface area contributed by atoms with Crippen molar-refractivity contribution >= 4 is 19.8 Å². The van der Waals surface area contributed by atoms with Gasteiger partial charge in [-0.1, -0.05) is 0 Å². The van der Waals surface area contributed by atoms with E-state index < -0.39 is 0 Å². The molecule has 0 aromatic carbocycles. The molecule has 0 aliphatic carbocycles. The van der Waals surface area contributed by atoms with Crippen molar-refractivity contribution < 1.29 is 0 Å². The van der Waals surface area contributed by atoms with Gasteiger partial charge in [0.05, 0.1) is 0 Å². The topological polar surface area (TPSA) is 0 Å². The Morgan fingerprint density at radius 3 is 1.89 bits per heavy atom. The quantitative estimate of drug-likeness (QED) is 0.451. The Morgan fingerprint density at radius 1 is 1.11 bits per heavy atom. The number of halogens is 1. The summed E-state index contributed by atoms with van der Waals surface area (Å²) in [6.45, 7) is 4.83. The average Bonchev–Trinajstić information content (AvgIpc) is 1.78. The summed E-state index contributed by atoms with van der Waals surface area (Å²) in [6.07, 6.45) is 3.02. The molecule has 0 bridgehead atoms. The molecular formula is C8H17I. The predicted molar refractivity (Wildman–Crippen MR) is 52.7 cm³/mol. The van der Waals surface area contributed by atoms with Gasteiger partial charge < -0.3 is 0 Å². The van der Waals surface area contributed by atoms with Crippen LogP contribution >= 0.6 is 19.8 Å². The minimum absolute atomic E-state index is 0.327. The summed E-state index contributed by atoms with van der Waals surface area (Å²) in [4.78, 5) is 2.53. The summed E-state index contributed by atoms with van der Waals surface area (Å²) in [5.41, 5.74) is 0.698. The van der Waals surface area contributed by atoms with Gasteiger partial charge in [-0.05, 0) is 0 Å². The molecule has 0 aromatic heterocycles. The summed E-state index contributed by atoms with van der Waals surface area (Å²) in [7, 11) is 0. The van der Waals surface area contributed by atoms with Gasteiger partial charge in [-0.15, -0.1) is 0 Å². The van der Waals surface area contributed by atoms with E-state index in [-0.39, 0.29) is 19.8 Å². The summed E-state index contributed by atoms with van der Waals surface area (Å²) >= 11 is -0.327. The Hall–Kier alpha value is 0.730. The van der Waals surface area contributed by atoms with E-state index in [0.717, 1.165) is 0 Å². The van der Waals surface area contributed by atoms with Crippen molar-refractivity contribution in [3.63, 3.8) is 0 Å². The van der Waals surface area contributed by atoms with Crippen LogP contribution in [0.5, 0.6) is 0 Å². The van der Waals surface area contributed by atoms with Crippen molar-refractivity contribution in [2.24, 2.45) is 5.41 Å². The van der Waals surface area contributed by atoms with E-state index >= 15 is 0 Å². The molecule has 0 saturated carbocycles. The fourth-order valence-corrected chi connectivity index (χ4v) is 6.35. The Morgan fingerprint density at radius 2 is 1.56 bits per heavy atom. The Balaban J connectivity index is 2.35. The second kappa shape index (κ2) is 2.77. The van der Waals surface area contributed by atoms with Gasteiger partial charge in [-0.2, -0.15) is 0 Å². The number of alkyl halides is 3. The van der Waals surface area contributed by atoms with E-state index in [1.165, 1.54) is 12.8 Å². The Kier molecular flexibility index (Phi) is 2.41. The molecule has 1 saturated heterocycles. The van der Waals surface area contributed by atoms with Gasteiger partial charge in [-0.25, -0.2) is 0 Å². The molecule has 0 radical (unpaired) electrons. The second-order valence-corrected chi connectivity index (χ2v) is 10.1. The van der Waals surface area contributed by atoms with E-state index in [9.17, 15) is 0 Å². The predicted octanol–water partition coefficient (Wildman–Crippen LogP) is 2.94. The number of rotatable bonds is 0. The van der Waals surface area contributed by atoms with Crippen LogP contribution in [-0.4, -0.2) is 13.8 Å². The molecule has 0 spiro atoms. The first-order valence-electron chi connectivity index (χ1n) is 3.62. The summed E-state index contributed by atoms with van der Waals surface area (Å²) < 4.78 is 3.22. The second-order valence-electron chi connectivity index (χ2n) is 3.77. The fourth-order valence-electron chi connectivity index (χ4n) is 1.05. The van der Waals surface area contributed by atoms with Crippen LogP contribution in [0.15, 0.2) is 0 Å². The Bertz CT molecular complexity index is 86.7. The first kappa shape index (κ1) is 7.83. The molecule has 1 rings (SSSR count). The zero-order valence-corrected chi connectivity index (χ0v) is 8.86. The van der Waals surface area contributed by atoms with Crippen molar-refractivity contribution in [3.8, 4) is 0 Å². The molecule has 0 amide bonds. The van der Waals surface area contributed by atoms with Gasteiger partial charge >= 0.3 is 65.7 Å². The van der Waals surface area contributed by atoms with Gasteiger partial charge in [0.1, 0.15) is 0 Å². The van der Waals surface area contributed by atoms with Gasteiger partial charge in [-0.3, -0.25) is 0 Å². The summed E-state index contributed by atoms with van der Waals surface area (Å²) in [5.74, 6) is 0. The van der Waals surface area contributed by atoms with Crippen LogP contribution in [0.4, 0.5) is 0 Å². The molecule has 1 heterocycles. The maximum absolute atomic E-state index is 2.53. The first-order chi connectivity index (χ1) is 4.10. The summed E-state index contributed by atoms with van der Waals surface area (Å²) in [6, 6.07) is 0. The van der Waals surface area contributed by atoms with Crippen LogP contribution in [0.2, 0.25) is 0 Å². The Labute approximate surface area is 65.8 Å². The molecule has 0 aromatic rings. The minimum atomic E-state index is -0.327. The first-order valence-corrected chi connectivity index (χ1v) is 8.83. The monoisotopic (exact) mass is 240 g/mol. The standard InChI is InChI=1S/C8H17I/c1-8(2)4-6-9(3)7-5-8/h4-7H2,1-3H3. The van der Waals surface area contributed by atoms with E-state index in [1.54, 1.807) is 8.86 Å².